The first kappa shape index (κ1) is 11.2. The fourth-order valence-electron chi connectivity index (χ4n) is 2.07. The summed E-state index contributed by atoms with van der Waals surface area (Å²) in [5, 5.41) is 1.62. The zero-order chi connectivity index (χ0) is 12.7. The molecule has 1 aliphatic rings. The number of aromatic nitrogens is 1. The Kier molecular flexibility index (Phi) is 2.56. The van der Waals surface area contributed by atoms with Crippen molar-refractivity contribution in [1.82, 2.24) is 4.98 Å². The molecule has 0 saturated heterocycles. The minimum atomic E-state index is 0.487. The molecule has 18 heavy (non-hydrogen) atoms. The lowest BCUT2D eigenvalue weighted by molar-refractivity contribution is 1.29. The van der Waals surface area contributed by atoms with Gasteiger partial charge in [0.15, 0.2) is 0 Å². The molecule has 3 rings (SSSR count). The molecule has 0 atom stereocenters. The highest BCUT2D eigenvalue weighted by molar-refractivity contribution is 6.36. The van der Waals surface area contributed by atoms with Gasteiger partial charge in [-0.05, 0) is 30.2 Å². The van der Waals surface area contributed by atoms with E-state index in [0.29, 0.717) is 10.8 Å². The molecule has 2 heterocycles. The second kappa shape index (κ2) is 4.10. The van der Waals surface area contributed by atoms with E-state index in [1.165, 1.54) is 5.57 Å². The number of hydrogen-bond acceptors (Lipinski definition) is 3. The summed E-state index contributed by atoms with van der Waals surface area (Å²) in [5.41, 5.74) is 9.82. The second-order valence-electron chi connectivity index (χ2n) is 4.35. The topological polar surface area (TPSA) is 51.3 Å². The molecular formula is C14H12ClN3. The molecule has 0 unspecified atom stereocenters. The van der Waals surface area contributed by atoms with Gasteiger partial charge in [0.25, 0.3) is 0 Å². The third-order valence-corrected chi connectivity index (χ3v) is 3.69. The van der Waals surface area contributed by atoms with Gasteiger partial charge in [0.05, 0.1) is 17.1 Å². The van der Waals surface area contributed by atoms with Crippen LogP contribution in [0.2, 0.25) is 5.02 Å². The Labute approximate surface area is 110 Å². The number of nitrogens with zero attached hydrogens (tertiary/aromatic N) is 2. The molecule has 2 aromatic rings. The van der Waals surface area contributed by atoms with Crippen molar-refractivity contribution in [2.24, 2.45) is 4.99 Å². The van der Waals surface area contributed by atoms with Crippen LogP contribution >= 0.6 is 11.6 Å². The third kappa shape index (κ3) is 1.68. The van der Waals surface area contributed by atoms with E-state index in [0.717, 1.165) is 28.6 Å². The van der Waals surface area contributed by atoms with Crippen LogP contribution in [0.15, 0.2) is 29.3 Å². The quantitative estimate of drug-likeness (QED) is 0.853. The van der Waals surface area contributed by atoms with E-state index in [1.807, 2.05) is 37.4 Å². The van der Waals surface area contributed by atoms with Gasteiger partial charge < -0.3 is 5.73 Å². The summed E-state index contributed by atoms with van der Waals surface area (Å²) in [6.07, 6.45) is 3.84. The Morgan fingerprint density at radius 1 is 1.33 bits per heavy atom. The second-order valence-corrected chi connectivity index (χ2v) is 4.73. The van der Waals surface area contributed by atoms with Crippen molar-refractivity contribution in [1.29, 1.82) is 0 Å². The van der Waals surface area contributed by atoms with E-state index in [9.17, 15) is 0 Å². The summed E-state index contributed by atoms with van der Waals surface area (Å²) in [6.45, 7) is 2.60. The van der Waals surface area contributed by atoms with E-state index >= 15 is 0 Å². The van der Waals surface area contributed by atoms with Crippen LogP contribution in [0.25, 0.3) is 16.5 Å². The van der Waals surface area contributed by atoms with Crippen LogP contribution in [0.4, 0.5) is 5.82 Å². The highest BCUT2D eigenvalue weighted by Gasteiger charge is 2.10. The lowest BCUT2D eigenvalue weighted by Gasteiger charge is -2.08. The summed E-state index contributed by atoms with van der Waals surface area (Å²) in [6, 6.07) is 6.05. The van der Waals surface area contributed by atoms with Crippen LogP contribution in [-0.4, -0.2) is 17.7 Å². The first-order valence-corrected chi connectivity index (χ1v) is 6.09. The molecule has 0 bridgehead atoms. The molecule has 0 saturated carbocycles. The van der Waals surface area contributed by atoms with E-state index < -0.39 is 0 Å². The van der Waals surface area contributed by atoms with E-state index in [-0.39, 0.29) is 0 Å². The van der Waals surface area contributed by atoms with Gasteiger partial charge >= 0.3 is 0 Å². The van der Waals surface area contributed by atoms with Gasteiger partial charge in [-0.25, -0.2) is 4.98 Å². The maximum Gasteiger partial charge on any atom is 0.128 e. The summed E-state index contributed by atoms with van der Waals surface area (Å²) in [4.78, 5) is 8.58. The number of anilines is 1. The Morgan fingerprint density at radius 2 is 2.17 bits per heavy atom. The fraction of sp³-hybridized carbons (Fsp3) is 0.143. The number of nitrogens with two attached hydrogens (primary N) is 1. The SMILES string of the molecule is Cc1c(N)nc2cc(C3=CC=NC3)ccc2c1Cl. The molecule has 4 heteroatoms. The Hall–Kier alpha value is -1.87. The zero-order valence-corrected chi connectivity index (χ0v) is 10.7. The number of hydrogen-bond donors (Lipinski definition) is 1. The molecule has 1 aromatic carbocycles. The van der Waals surface area contributed by atoms with E-state index in [4.69, 9.17) is 17.3 Å². The molecule has 0 amide bonds. The van der Waals surface area contributed by atoms with Crippen LogP contribution in [0.3, 0.4) is 0 Å². The van der Waals surface area contributed by atoms with Gasteiger partial charge in [0, 0.05) is 17.2 Å². The van der Waals surface area contributed by atoms with Crippen LogP contribution in [0.1, 0.15) is 11.1 Å². The largest absolute Gasteiger partial charge is 0.383 e. The minimum absolute atomic E-state index is 0.487. The average Bonchev–Trinajstić information content (AvgIpc) is 2.89. The predicted octanol–water partition coefficient (Wildman–Crippen LogP) is 3.25. The Balaban J connectivity index is 2.21. The predicted molar refractivity (Wildman–Crippen MR) is 77.2 cm³/mol. The summed E-state index contributed by atoms with van der Waals surface area (Å²) in [5.74, 6) is 0.487. The standard InChI is InChI=1S/C14H12ClN3/c1-8-13(15)11-3-2-9(10-4-5-17-7-10)6-12(11)18-14(8)16/h2-6H,7H2,1H3,(H2,16,18). The number of allylic oxidation sites excluding steroid dienone is 1. The van der Waals surface area contributed by atoms with Crippen molar-refractivity contribution in [3.05, 3.63) is 40.4 Å². The monoisotopic (exact) mass is 257 g/mol. The first-order valence-electron chi connectivity index (χ1n) is 5.71. The van der Waals surface area contributed by atoms with Gasteiger partial charge in [0.1, 0.15) is 5.82 Å². The number of benzene rings is 1. The maximum absolute atomic E-state index is 6.28. The molecule has 0 radical (unpaired) electrons. The number of rotatable bonds is 1. The average molecular weight is 258 g/mol. The maximum atomic E-state index is 6.28. The summed E-state index contributed by atoms with van der Waals surface area (Å²) < 4.78 is 0. The summed E-state index contributed by atoms with van der Waals surface area (Å²) >= 11 is 6.28. The minimum Gasteiger partial charge on any atom is -0.383 e. The number of halogens is 1. The van der Waals surface area contributed by atoms with Crippen LogP contribution in [0.5, 0.6) is 0 Å². The zero-order valence-electron chi connectivity index (χ0n) is 9.94. The molecule has 0 spiro atoms. The van der Waals surface area contributed by atoms with Crippen molar-refractivity contribution < 1.29 is 0 Å². The molecule has 1 aromatic heterocycles. The Morgan fingerprint density at radius 3 is 2.89 bits per heavy atom. The van der Waals surface area contributed by atoms with Crippen LogP contribution < -0.4 is 5.73 Å². The molecular weight excluding hydrogens is 246 g/mol. The van der Waals surface area contributed by atoms with Crippen LogP contribution in [0, 0.1) is 6.92 Å². The molecule has 90 valence electrons. The van der Waals surface area contributed by atoms with Crippen molar-refractivity contribution in [2.45, 2.75) is 6.92 Å². The van der Waals surface area contributed by atoms with Gasteiger partial charge in [-0.15, -0.1) is 0 Å². The highest BCUT2D eigenvalue weighted by atomic mass is 35.5. The van der Waals surface area contributed by atoms with E-state index in [2.05, 4.69) is 9.98 Å². The first-order chi connectivity index (χ1) is 8.66. The lowest BCUT2D eigenvalue weighted by atomic mass is 10.0. The van der Waals surface area contributed by atoms with Crippen LogP contribution in [-0.2, 0) is 0 Å². The molecule has 0 fully saturated rings. The third-order valence-electron chi connectivity index (χ3n) is 3.20. The van der Waals surface area contributed by atoms with Gasteiger partial charge in [0.2, 0.25) is 0 Å². The van der Waals surface area contributed by atoms with Gasteiger partial charge in [-0.2, -0.15) is 0 Å². The van der Waals surface area contributed by atoms with Crippen molar-refractivity contribution in [3.8, 4) is 0 Å². The van der Waals surface area contributed by atoms with Crippen molar-refractivity contribution in [3.63, 3.8) is 0 Å². The lowest BCUT2D eigenvalue weighted by Crippen LogP contribution is -1.97. The van der Waals surface area contributed by atoms with Gasteiger partial charge in [-0.3, -0.25) is 4.99 Å². The van der Waals surface area contributed by atoms with Gasteiger partial charge in [-0.1, -0.05) is 23.7 Å². The highest BCUT2D eigenvalue weighted by Crippen LogP contribution is 2.31. The smallest absolute Gasteiger partial charge is 0.128 e. The molecule has 2 N–H and O–H groups in total. The number of pyridine rings is 1. The van der Waals surface area contributed by atoms with E-state index in [1.54, 1.807) is 0 Å². The fourth-order valence-corrected chi connectivity index (χ4v) is 2.33. The normalized spacial score (nSPS) is 14.2. The number of fused-ring (bicyclic) bond motifs is 1. The molecule has 0 aliphatic carbocycles. The summed E-state index contributed by atoms with van der Waals surface area (Å²) in [7, 11) is 0. The van der Waals surface area contributed by atoms with Crippen molar-refractivity contribution >= 4 is 40.1 Å². The number of nitrogen functional groups attached to an aromatic ring is 1. The Bertz CT molecular complexity index is 702. The molecule has 1 aliphatic heterocycles. The molecule has 3 nitrogen and oxygen atoms in total. The van der Waals surface area contributed by atoms with Crippen molar-refractivity contribution in [2.75, 3.05) is 12.3 Å². The number of aliphatic imine (C=N–C) groups is 1.